The average molecular weight is 730 g/mol. The minimum Gasteiger partial charge on any atom is -0.756 e. The summed E-state index contributed by atoms with van der Waals surface area (Å²) in [6, 6.07) is 0. The number of allylic oxidation sites excluding steroid dienone is 4. The molecule has 0 rings (SSSR count). The molecule has 0 saturated carbocycles. The molecule has 1 unspecified atom stereocenters. The van der Waals surface area contributed by atoms with Crippen LogP contribution in [-0.4, -0.2) is 70.0 Å². The Hall–Kier alpha value is -1.51. The first-order chi connectivity index (χ1) is 24.0. The standard InChI is InChI=1S/C40H76NO8P/c1-6-8-10-12-14-16-17-18-19-20-21-22-23-25-26-28-30-32-39(42)46-36-38(37-48-50(44,45)47-35-34-41(3,4)5)49-40(43)33-31-29-27-24-15-13-11-9-7-2/h14,16,18-19,38H,6-13,15,17,20-37H2,1-5H3/b16-14+,19-18+/t38-/m0/s1. The van der Waals surface area contributed by atoms with Gasteiger partial charge in [0.2, 0.25) is 0 Å². The maximum absolute atomic E-state index is 12.6. The highest BCUT2D eigenvalue weighted by atomic mass is 31.2. The van der Waals surface area contributed by atoms with Gasteiger partial charge in [-0.2, -0.15) is 0 Å². The predicted octanol–water partition coefficient (Wildman–Crippen LogP) is 10.2. The lowest BCUT2D eigenvalue weighted by molar-refractivity contribution is -0.870. The van der Waals surface area contributed by atoms with Crippen LogP contribution in [0, 0.1) is 0 Å². The normalized spacial score (nSPS) is 14.0. The van der Waals surface area contributed by atoms with Crippen LogP contribution in [0.1, 0.15) is 168 Å². The first kappa shape index (κ1) is 48.5. The molecule has 10 heteroatoms. The molecular formula is C40H76NO8P. The van der Waals surface area contributed by atoms with Crippen molar-refractivity contribution in [1.82, 2.24) is 0 Å². The van der Waals surface area contributed by atoms with E-state index in [2.05, 4.69) is 38.2 Å². The number of carbonyl (C=O) groups is 2. The molecule has 9 nitrogen and oxygen atoms in total. The number of hydrogen-bond acceptors (Lipinski definition) is 8. The maximum Gasteiger partial charge on any atom is 0.306 e. The van der Waals surface area contributed by atoms with Gasteiger partial charge in [0.25, 0.3) is 7.82 Å². The molecule has 0 amide bonds. The zero-order chi connectivity index (χ0) is 37.2. The zero-order valence-corrected chi connectivity index (χ0v) is 33.7. The van der Waals surface area contributed by atoms with E-state index in [9.17, 15) is 19.0 Å². The number of rotatable bonds is 36. The number of carbonyl (C=O) groups excluding carboxylic acids is 2. The molecule has 2 atom stereocenters. The Labute approximate surface area is 307 Å². The molecule has 0 aromatic rings. The lowest BCUT2D eigenvalue weighted by Gasteiger charge is -2.28. The van der Waals surface area contributed by atoms with Crippen LogP contribution in [0.5, 0.6) is 0 Å². The molecule has 0 aliphatic rings. The Morgan fingerprint density at radius 2 is 1.08 bits per heavy atom. The van der Waals surface area contributed by atoms with Crippen LogP contribution in [0.15, 0.2) is 24.3 Å². The van der Waals surface area contributed by atoms with Gasteiger partial charge in [-0.15, -0.1) is 0 Å². The molecule has 0 radical (unpaired) electrons. The fraction of sp³-hybridized carbons (Fsp3) is 0.850. The molecule has 0 aliphatic carbocycles. The van der Waals surface area contributed by atoms with Gasteiger partial charge in [0.05, 0.1) is 27.7 Å². The van der Waals surface area contributed by atoms with Crippen LogP contribution in [0.3, 0.4) is 0 Å². The molecule has 0 bridgehead atoms. The molecule has 0 N–H and O–H groups in total. The SMILES string of the molecule is CCCCC/C=C/C/C=C/CCCCCCCCCC(=O)OC[C@@H](COP(=O)([O-])OCC[N+](C)(C)C)OC(=O)CCCCCCCCCCC. The lowest BCUT2D eigenvalue weighted by Crippen LogP contribution is -2.37. The maximum atomic E-state index is 12.6. The van der Waals surface area contributed by atoms with Crippen LogP contribution in [0.2, 0.25) is 0 Å². The first-order valence-electron chi connectivity index (χ1n) is 20.0. The van der Waals surface area contributed by atoms with Gasteiger partial charge in [0.1, 0.15) is 19.8 Å². The summed E-state index contributed by atoms with van der Waals surface area (Å²) in [7, 11) is 1.16. The molecule has 294 valence electrons. The molecule has 0 aromatic carbocycles. The van der Waals surface area contributed by atoms with Gasteiger partial charge in [-0.1, -0.05) is 134 Å². The molecule has 0 saturated heterocycles. The van der Waals surface area contributed by atoms with Crippen LogP contribution in [0.25, 0.3) is 0 Å². The second-order valence-electron chi connectivity index (χ2n) is 14.7. The van der Waals surface area contributed by atoms with Gasteiger partial charge in [-0.25, -0.2) is 0 Å². The number of phosphoric acid groups is 1. The molecule has 0 spiro atoms. The van der Waals surface area contributed by atoms with E-state index in [1.807, 2.05) is 21.1 Å². The molecule has 0 fully saturated rings. The van der Waals surface area contributed by atoms with Crippen molar-refractivity contribution >= 4 is 19.8 Å². The summed E-state index contributed by atoms with van der Waals surface area (Å²) in [6.07, 6.45) is 33.5. The average Bonchev–Trinajstić information content (AvgIpc) is 3.06. The van der Waals surface area contributed by atoms with E-state index in [1.54, 1.807) is 0 Å². The van der Waals surface area contributed by atoms with Crippen molar-refractivity contribution in [2.24, 2.45) is 0 Å². The number of hydrogen-bond donors (Lipinski definition) is 0. The Kier molecular flexibility index (Phi) is 32.3. The molecule has 50 heavy (non-hydrogen) atoms. The summed E-state index contributed by atoms with van der Waals surface area (Å²) in [5, 5.41) is 0. The Morgan fingerprint density at radius 3 is 1.62 bits per heavy atom. The van der Waals surface area contributed by atoms with Crippen molar-refractivity contribution in [2.75, 3.05) is 47.5 Å². The third-order valence-electron chi connectivity index (χ3n) is 8.47. The van der Waals surface area contributed by atoms with E-state index in [1.165, 1.54) is 77.0 Å². The highest BCUT2D eigenvalue weighted by Gasteiger charge is 2.21. The predicted molar refractivity (Wildman–Crippen MR) is 204 cm³/mol. The van der Waals surface area contributed by atoms with Crippen LogP contribution in [0.4, 0.5) is 0 Å². The zero-order valence-electron chi connectivity index (χ0n) is 32.8. The van der Waals surface area contributed by atoms with Crippen molar-refractivity contribution in [3.8, 4) is 0 Å². The van der Waals surface area contributed by atoms with E-state index >= 15 is 0 Å². The number of nitrogens with zero attached hydrogens (tertiary/aromatic N) is 1. The highest BCUT2D eigenvalue weighted by molar-refractivity contribution is 7.45. The van der Waals surface area contributed by atoms with Crippen molar-refractivity contribution in [3.05, 3.63) is 24.3 Å². The minimum atomic E-state index is -4.61. The third kappa shape index (κ3) is 36.3. The third-order valence-corrected chi connectivity index (χ3v) is 9.44. The summed E-state index contributed by atoms with van der Waals surface area (Å²) in [4.78, 5) is 37.3. The van der Waals surface area contributed by atoms with Gasteiger partial charge in [-0.05, 0) is 44.9 Å². The van der Waals surface area contributed by atoms with E-state index in [4.69, 9.17) is 18.5 Å². The number of quaternary nitrogens is 1. The van der Waals surface area contributed by atoms with Gasteiger partial charge in [-0.3, -0.25) is 14.2 Å². The lowest BCUT2D eigenvalue weighted by atomic mass is 10.1. The molecular weight excluding hydrogens is 653 g/mol. The summed E-state index contributed by atoms with van der Waals surface area (Å²) in [6.45, 7) is 4.16. The summed E-state index contributed by atoms with van der Waals surface area (Å²) in [5.41, 5.74) is 0. The number of esters is 2. The Bertz CT molecular complexity index is 918. The fourth-order valence-electron chi connectivity index (χ4n) is 5.27. The first-order valence-corrected chi connectivity index (χ1v) is 21.5. The van der Waals surface area contributed by atoms with E-state index < -0.39 is 32.5 Å². The summed E-state index contributed by atoms with van der Waals surface area (Å²) in [5.74, 6) is -0.845. The van der Waals surface area contributed by atoms with Crippen molar-refractivity contribution in [1.29, 1.82) is 0 Å². The van der Waals surface area contributed by atoms with Crippen LogP contribution in [-0.2, 0) is 32.7 Å². The Balaban J connectivity index is 4.35. The van der Waals surface area contributed by atoms with E-state index in [0.29, 0.717) is 17.4 Å². The van der Waals surface area contributed by atoms with E-state index in [0.717, 1.165) is 57.8 Å². The quantitative estimate of drug-likeness (QED) is 0.0206. The largest absolute Gasteiger partial charge is 0.756 e. The number of phosphoric ester groups is 1. The fourth-order valence-corrected chi connectivity index (χ4v) is 6.00. The van der Waals surface area contributed by atoms with Crippen LogP contribution >= 0.6 is 7.82 Å². The highest BCUT2D eigenvalue weighted by Crippen LogP contribution is 2.38. The van der Waals surface area contributed by atoms with E-state index in [-0.39, 0.29) is 26.1 Å². The molecule has 0 aliphatic heterocycles. The van der Waals surface area contributed by atoms with Crippen molar-refractivity contribution < 1.29 is 42.1 Å². The summed E-state index contributed by atoms with van der Waals surface area (Å²) < 4.78 is 33.7. The van der Waals surface area contributed by atoms with Gasteiger partial charge in [0.15, 0.2) is 6.10 Å². The minimum absolute atomic E-state index is 0.0307. The monoisotopic (exact) mass is 730 g/mol. The number of likely N-dealkylation sites (N-methyl/N-ethyl adjacent to an activating group) is 1. The second-order valence-corrected chi connectivity index (χ2v) is 16.1. The number of ether oxygens (including phenoxy) is 2. The van der Waals surface area contributed by atoms with Gasteiger partial charge < -0.3 is 27.9 Å². The van der Waals surface area contributed by atoms with Crippen molar-refractivity contribution in [2.45, 2.75) is 174 Å². The molecule has 0 aromatic heterocycles. The second kappa shape index (κ2) is 33.3. The van der Waals surface area contributed by atoms with Crippen molar-refractivity contribution in [3.63, 3.8) is 0 Å². The summed E-state index contributed by atoms with van der Waals surface area (Å²) >= 11 is 0. The smallest absolute Gasteiger partial charge is 0.306 e. The number of unbranched alkanes of at least 4 members (excludes halogenated alkanes) is 18. The molecule has 0 heterocycles. The van der Waals surface area contributed by atoms with Crippen LogP contribution < -0.4 is 4.89 Å². The van der Waals surface area contributed by atoms with Gasteiger partial charge in [0, 0.05) is 12.8 Å². The Morgan fingerprint density at radius 1 is 0.620 bits per heavy atom. The van der Waals surface area contributed by atoms with Gasteiger partial charge >= 0.3 is 11.9 Å². The topological polar surface area (TPSA) is 111 Å².